The highest BCUT2D eigenvalue weighted by Crippen LogP contribution is 2.35. The van der Waals surface area contributed by atoms with Gasteiger partial charge in [-0.05, 0) is 64.4 Å². The molecule has 2 rings (SSSR count). The lowest BCUT2D eigenvalue weighted by atomic mass is 9.91. The molecule has 0 unspecified atom stereocenters. The van der Waals surface area contributed by atoms with Crippen LogP contribution in [0.5, 0.6) is 5.75 Å². The molecule has 9 heteroatoms. The first-order chi connectivity index (χ1) is 12.5. The van der Waals surface area contributed by atoms with Crippen LogP contribution in [0.15, 0.2) is 18.2 Å². The summed E-state index contributed by atoms with van der Waals surface area (Å²) in [5, 5.41) is 5.74. The third-order valence-electron chi connectivity index (χ3n) is 4.47. The van der Waals surface area contributed by atoms with Crippen molar-refractivity contribution in [1.82, 2.24) is 10.6 Å². The van der Waals surface area contributed by atoms with E-state index in [1.807, 2.05) is 0 Å². The molecule has 1 saturated heterocycles. The van der Waals surface area contributed by atoms with Crippen LogP contribution < -0.4 is 15.4 Å². The molecule has 0 aliphatic carbocycles. The number of hydrogen-bond donors (Lipinski definition) is 2. The number of piperidine rings is 1. The molecular formula is C19H28ClF3N2O3. The van der Waals surface area contributed by atoms with E-state index >= 15 is 0 Å². The smallest absolute Gasteiger partial charge is 0.416 e. The zero-order chi connectivity index (χ0) is 20.3. The molecule has 0 aromatic heterocycles. The van der Waals surface area contributed by atoms with Crippen LogP contribution in [0.1, 0.15) is 44.7 Å². The molecule has 0 radical (unpaired) electrons. The first kappa shape index (κ1) is 24.5. The first-order valence-electron chi connectivity index (χ1n) is 8.90. The number of carbonyl (C=O) groups excluding carboxylic acids is 1. The van der Waals surface area contributed by atoms with Crippen molar-refractivity contribution in [2.75, 3.05) is 20.2 Å². The van der Waals surface area contributed by atoms with E-state index in [4.69, 9.17) is 9.47 Å². The highest BCUT2D eigenvalue weighted by molar-refractivity contribution is 5.85. The Hall–Kier alpha value is -1.51. The van der Waals surface area contributed by atoms with Gasteiger partial charge in [0.15, 0.2) is 0 Å². The number of benzene rings is 1. The zero-order valence-corrected chi connectivity index (χ0v) is 17.4. The van der Waals surface area contributed by atoms with Crippen molar-refractivity contribution in [1.29, 1.82) is 0 Å². The maximum absolute atomic E-state index is 13.5. The summed E-state index contributed by atoms with van der Waals surface area (Å²) in [6.45, 7) is 6.29. The fourth-order valence-corrected chi connectivity index (χ4v) is 3.08. The highest BCUT2D eigenvalue weighted by Gasteiger charge is 2.40. The van der Waals surface area contributed by atoms with Crippen LogP contribution in [-0.4, -0.2) is 37.3 Å². The van der Waals surface area contributed by atoms with Crippen LogP contribution in [0.4, 0.5) is 13.2 Å². The van der Waals surface area contributed by atoms with Gasteiger partial charge < -0.3 is 20.1 Å². The number of hydrogen-bond acceptors (Lipinski definition) is 4. The fraction of sp³-hybridized carbons (Fsp3) is 0.632. The maximum atomic E-state index is 13.5. The molecule has 160 valence electrons. The van der Waals surface area contributed by atoms with E-state index in [1.165, 1.54) is 19.2 Å². The van der Waals surface area contributed by atoms with E-state index in [-0.39, 0.29) is 30.3 Å². The van der Waals surface area contributed by atoms with E-state index < -0.39 is 28.8 Å². The van der Waals surface area contributed by atoms with E-state index in [0.717, 1.165) is 6.07 Å². The third kappa shape index (κ3) is 6.25. The lowest BCUT2D eigenvalue weighted by Gasteiger charge is -2.34. The Bertz CT molecular complexity index is 669. The average Bonchev–Trinajstić information content (AvgIpc) is 2.58. The van der Waals surface area contributed by atoms with Crippen LogP contribution in [0.3, 0.4) is 0 Å². The lowest BCUT2D eigenvalue weighted by molar-refractivity contribution is -0.147. The summed E-state index contributed by atoms with van der Waals surface area (Å²) < 4.78 is 51.4. The molecule has 1 aliphatic heterocycles. The standard InChI is InChI=1S/C19H27F3N2O3.ClH/c1-17(2,3)27-14-6-5-13(15(11-14)19(20,21)22)12-24-16(25)18(26-4)7-9-23-10-8-18;/h5-6,11,23H,7-10,12H2,1-4H3,(H,24,25);1H. The number of alkyl halides is 3. The molecule has 2 N–H and O–H groups in total. The van der Waals surface area contributed by atoms with Gasteiger partial charge >= 0.3 is 6.18 Å². The molecule has 1 aromatic rings. The van der Waals surface area contributed by atoms with Gasteiger partial charge in [0.2, 0.25) is 0 Å². The summed E-state index contributed by atoms with van der Waals surface area (Å²) in [6, 6.07) is 3.80. The molecule has 0 atom stereocenters. The van der Waals surface area contributed by atoms with E-state index in [9.17, 15) is 18.0 Å². The first-order valence-corrected chi connectivity index (χ1v) is 8.90. The van der Waals surface area contributed by atoms with Crippen molar-refractivity contribution >= 4 is 18.3 Å². The lowest BCUT2D eigenvalue weighted by Crippen LogP contribution is -2.54. The van der Waals surface area contributed by atoms with Crippen molar-refractivity contribution in [3.63, 3.8) is 0 Å². The second-order valence-electron chi connectivity index (χ2n) is 7.66. The molecule has 0 saturated carbocycles. The summed E-state index contributed by atoms with van der Waals surface area (Å²) in [7, 11) is 1.45. The molecule has 28 heavy (non-hydrogen) atoms. The Morgan fingerprint density at radius 3 is 2.32 bits per heavy atom. The maximum Gasteiger partial charge on any atom is 0.416 e. The van der Waals surface area contributed by atoms with Crippen LogP contribution >= 0.6 is 12.4 Å². The SMILES string of the molecule is COC1(C(=O)NCc2ccc(OC(C)(C)C)cc2C(F)(F)F)CCNCC1.Cl. The quantitative estimate of drug-likeness (QED) is 0.756. The van der Waals surface area contributed by atoms with E-state index in [0.29, 0.717) is 25.9 Å². The van der Waals surface area contributed by atoms with Crippen molar-refractivity contribution in [2.24, 2.45) is 0 Å². The van der Waals surface area contributed by atoms with E-state index in [1.54, 1.807) is 20.8 Å². The van der Waals surface area contributed by atoms with Crippen LogP contribution in [-0.2, 0) is 22.3 Å². The Morgan fingerprint density at radius 1 is 1.21 bits per heavy atom. The molecule has 0 bridgehead atoms. The van der Waals surface area contributed by atoms with Crippen LogP contribution in [0.2, 0.25) is 0 Å². The monoisotopic (exact) mass is 424 g/mol. The minimum Gasteiger partial charge on any atom is -0.488 e. The molecule has 1 aliphatic rings. The van der Waals surface area contributed by atoms with Crippen LogP contribution in [0, 0.1) is 0 Å². The summed E-state index contributed by atoms with van der Waals surface area (Å²) in [5.41, 5.74) is -2.45. The van der Waals surface area contributed by atoms with Gasteiger partial charge in [0.1, 0.15) is 17.0 Å². The van der Waals surface area contributed by atoms with E-state index in [2.05, 4.69) is 10.6 Å². The normalized spacial score (nSPS) is 16.8. The summed E-state index contributed by atoms with van der Waals surface area (Å²) in [4.78, 5) is 12.6. The van der Waals surface area contributed by atoms with Gasteiger partial charge in [0, 0.05) is 13.7 Å². The van der Waals surface area contributed by atoms with Gasteiger partial charge in [-0.25, -0.2) is 0 Å². The summed E-state index contributed by atoms with van der Waals surface area (Å²) in [6.07, 6.45) is -3.61. The fourth-order valence-electron chi connectivity index (χ4n) is 3.08. The Balaban J connectivity index is 0.00000392. The molecule has 1 fully saturated rings. The number of carbonyl (C=O) groups is 1. The number of rotatable bonds is 5. The average molecular weight is 425 g/mol. The molecule has 1 aromatic carbocycles. The van der Waals surface area contributed by atoms with Gasteiger partial charge in [-0.3, -0.25) is 4.79 Å². The predicted octanol–water partition coefficient (Wildman–Crippen LogP) is 3.69. The number of halogens is 4. The second kappa shape index (κ2) is 9.33. The van der Waals surface area contributed by atoms with Gasteiger partial charge in [-0.1, -0.05) is 6.07 Å². The van der Waals surface area contributed by atoms with Gasteiger partial charge in [0.25, 0.3) is 5.91 Å². The Kier molecular flexibility index (Phi) is 8.17. The van der Waals surface area contributed by atoms with Crippen molar-refractivity contribution in [3.05, 3.63) is 29.3 Å². The summed E-state index contributed by atoms with van der Waals surface area (Å²) >= 11 is 0. The summed E-state index contributed by atoms with van der Waals surface area (Å²) in [5.74, 6) is -0.258. The number of amides is 1. The molecule has 1 amide bonds. The van der Waals surface area contributed by atoms with Crippen molar-refractivity contribution < 1.29 is 27.4 Å². The largest absolute Gasteiger partial charge is 0.488 e. The van der Waals surface area contributed by atoms with Gasteiger partial charge in [0.05, 0.1) is 5.56 Å². The predicted molar refractivity (Wildman–Crippen MR) is 103 cm³/mol. The number of methoxy groups -OCH3 is 1. The van der Waals surface area contributed by atoms with Crippen LogP contribution in [0.25, 0.3) is 0 Å². The minimum atomic E-state index is -4.55. The topological polar surface area (TPSA) is 59.6 Å². The molecule has 1 heterocycles. The third-order valence-corrected chi connectivity index (χ3v) is 4.47. The number of ether oxygens (including phenoxy) is 2. The number of nitrogens with one attached hydrogen (secondary N) is 2. The second-order valence-corrected chi connectivity index (χ2v) is 7.66. The zero-order valence-electron chi connectivity index (χ0n) is 16.5. The van der Waals surface area contributed by atoms with Gasteiger partial charge in [-0.15, -0.1) is 12.4 Å². The minimum absolute atomic E-state index is 0. The highest BCUT2D eigenvalue weighted by atomic mass is 35.5. The van der Waals surface area contributed by atoms with Crippen molar-refractivity contribution in [3.8, 4) is 5.75 Å². The van der Waals surface area contributed by atoms with Crippen molar-refractivity contribution in [2.45, 2.75) is 57.5 Å². The molecule has 5 nitrogen and oxygen atoms in total. The van der Waals surface area contributed by atoms with Gasteiger partial charge in [-0.2, -0.15) is 13.2 Å². The Morgan fingerprint density at radius 2 is 1.82 bits per heavy atom. The molecular weight excluding hydrogens is 397 g/mol. The molecule has 0 spiro atoms. The Labute approximate surface area is 169 Å².